The Kier molecular flexibility index (Phi) is 4.91. The van der Waals surface area contributed by atoms with Crippen LogP contribution in [0.15, 0.2) is 5.38 Å². The molecule has 0 aliphatic heterocycles. The van der Waals surface area contributed by atoms with Crippen LogP contribution < -0.4 is 5.32 Å². The molecule has 1 aromatic heterocycles. The first-order valence-electron chi connectivity index (χ1n) is 6.45. The second kappa shape index (κ2) is 6.67. The number of aliphatic hydroxyl groups excluding tert-OH is 1. The molecule has 0 radical (unpaired) electrons. The minimum absolute atomic E-state index is 0.0382. The van der Waals surface area contributed by atoms with Crippen molar-refractivity contribution in [1.29, 1.82) is 0 Å². The van der Waals surface area contributed by atoms with Crippen molar-refractivity contribution < 1.29 is 19.8 Å². The molecule has 0 spiro atoms. The maximum absolute atomic E-state index is 11.9. The predicted octanol–water partition coefficient (Wildman–Crippen LogP) is 0.550. The molecule has 2 rings (SSSR count). The fraction of sp³-hybridized carbons (Fsp3) is 0.583. The van der Waals surface area contributed by atoms with Gasteiger partial charge in [-0.3, -0.25) is 0 Å². The lowest BCUT2D eigenvalue weighted by Crippen LogP contribution is -2.43. The molecule has 0 bridgehead atoms. The minimum atomic E-state index is -1.04. The molecular weight excluding hydrogens is 282 g/mol. The summed E-state index contributed by atoms with van der Waals surface area (Å²) in [5, 5.41) is 22.6. The van der Waals surface area contributed by atoms with Crippen LogP contribution in [0.1, 0.15) is 28.3 Å². The summed E-state index contributed by atoms with van der Waals surface area (Å²) in [4.78, 5) is 28.2. The number of thiazole rings is 1. The van der Waals surface area contributed by atoms with E-state index < -0.39 is 5.97 Å². The summed E-state index contributed by atoms with van der Waals surface area (Å²) < 4.78 is 0. The van der Waals surface area contributed by atoms with E-state index >= 15 is 0 Å². The van der Waals surface area contributed by atoms with Gasteiger partial charge in [0.25, 0.3) is 0 Å². The predicted molar refractivity (Wildman–Crippen MR) is 73.0 cm³/mol. The summed E-state index contributed by atoms with van der Waals surface area (Å²) in [6.07, 6.45) is 2.48. The van der Waals surface area contributed by atoms with E-state index in [9.17, 15) is 9.59 Å². The molecule has 1 aromatic rings. The van der Waals surface area contributed by atoms with Gasteiger partial charge >= 0.3 is 12.0 Å². The second-order valence-corrected chi connectivity index (χ2v) is 5.50. The fourth-order valence-corrected chi connectivity index (χ4v) is 2.62. The van der Waals surface area contributed by atoms with E-state index in [4.69, 9.17) is 10.2 Å². The molecule has 110 valence electrons. The van der Waals surface area contributed by atoms with Crippen LogP contribution in [0, 0.1) is 0 Å². The number of hydrogen-bond acceptors (Lipinski definition) is 5. The van der Waals surface area contributed by atoms with E-state index in [2.05, 4.69) is 10.3 Å². The molecule has 1 saturated carbocycles. The van der Waals surface area contributed by atoms with Crippen LogP contribution in [0.5, 0.6) is 0 Å². The Morgan fingerprint density at radius 1 is 1.50 bits per heavy atom. The Labute approximate surface area is 120 Å². The number of aromatic nitrogens is 1. The lowest BCUT2D eigenvalue weighted by molar-refractivity contribution is 0.0691. The van der Waals surface area contributed by atoms with Crippen molar-refractivity contribution in [2.45, 2.75) is 25.3 Å². The first kappa shape index (κ1) is 14.7. The molecule has 0 atom stereocenters. The van der Waals surface area contributed by atoms with Crippen molar-refractivity contribution in [1.82, 2.24) is 15.2 Å². The van der Waals surface area contributed by atoms with Gasteiger partial charge < -0.3 is 20.4 Å². The number of hydrogen-bond donors (Lipinski definition) is 3. The zero-order valence-electron chi connectivity index (χ0n) is 10.9. The molecule has 2 amide bonds. The van der Waals surface area contributed by atoms with Crippen molar-refractivity contribution in [3.05, 3.63) is 16.1 Å². The smallest absolute Gasteiger partial charge is 0.355 e. The SMILES string of the molecule is O=C(O)c1csc(CCNC(=O)N(CCO)C2CC2)n1. The van der Waals surface area contributed by atoms with Crippen molar-refractivity contribution in [3.8, 4) is 0 Å². The maximum atomic E-state index is 11.9. The number of carboxylic acid groups (broad SMARTS) is 1. The molecule has 20 heavy (non-hydrogen) atoms. The first-order valence-corrected chi connectivity index (χ1v) is 7.33. The maximum Gasteiger partial charge on any atom is 0.355 e. The van der Waals surface area contributed by atoms with E-state index in [1.807, 2.05) is 0 Å². The molecule has 1 aliphatic carbocycles. The number of nitrogens with one attached hydrogen (secondary N) is 1. The van der Waals surface area contributed by atoms with Gasteiger partial charge in [0.1, 0.15) is 0 Å². The zero-order chi connectivity index (χ0) is 14.5. The number of carbonyl (C=O) groups excluding carboxylic acids is 1. The Balaban J connectivity index is 1.76. The molecule has 7 nitrogen and oxygen atoms in total. The first-order chi connectivity index (χ1) is 9.61. The Hall–Kier alpha value is -1.67. The van der Waals surface area contributed by atoms with E-state index in [0.29, 0.717) is 24.5 Å². The van der Waals surface area contributed by atoms with Gasteiger partial charge in [-0.15, -0.1) is 11.3 Å². The van der Waals surface area contributed by atoms with E-state index in [1.54, 1.807) is 4.90 Å². The highest BCUT2D eigenvalue weighted by molar-refractivity contribution is 7.09. The van der Waals surface area contributed by atoms with Crippen LogP contribution in [0.25, 0.3) is 0 Å². The quantitative estimate of drug-likeness (QED) is 0.682. The molecule has 1 heterocycles. The van der Waals surface area contributed by atoms with Crippen LogP contribution in [0.4, 0.5) is 4.79 Å². The monoisotopic (exact) mass is 299 g/mol. The van der Waals surface area contributed by atoms with Gasteiger partial charge in [0.15, 0.2) is 5.69 Å². The fourth-order valence-electron chi connectivity index (χ4n) is 1.85. The topological polar surface area (TPSA) is 103 Å². The summed E-state index contributed by atoms with van der Waals surface area (Å²) in [7, 11) is 0. The number of carboxylic acids is 1. The number of aromatic carboxylic acids is 1. The van der Waals surface area contributed by atoms with Crippen LogP contribution >= 0.6 is 11.3 Å². The van der Waals surface area contributed by atoms with Crippen LogP contribution in [0.3, 0.4) is 0 Å². The third-order valence-corrected chi connectivity index (χ3v) is 3.88. The number of aliphatic hydroxyl groups is 1. The van der Waals surface area contributed by atoms with Gasteiger partial charge in [-0.25, -0.2) is 14.6 Å². The molecule has 3 N–H and O–H groups in total. The largest absolute Gasteiger partial charge is 0.476 e. The Morgan fingerprint density at radius 2 is 2.25 bits per heavy atom. The van der Waals surface area contributed by atoms with E-state index in [0.717, 1.165) is 12.8 Å². The summed E-state index contributed by atoms with van der Waals surface area (Å²) in [6, 6.07) is 0.0668. The van der Waals surface area contributed by atoms with Crippen LogP contribution in [-0.2, 0) is 6.42 Å². The minimum Gasteiger partial charge on any atom is -0.476 e. The molecule has 0 unspecified atom stereocenters. The number of carbonyl (C=O) groups is 2. The molecule has 8 heteroatoms. The highest BCUT2D eigenvalue weighted by Gasteiger charge is 2.31. The van der Waals surface area contributed by atoms with Gasteiger partial charge in [-0.1, -0.05) is 0 Å². The van der Waals surface area contributed by atoms with Gasteiger partial charge in [0, 0.05) is 30.9 Å². The number of rotatable bonds is 7. The van der Waals surface area contributed by atoms with Crippen LogP contribution in [0.2, 0.25) is 0 Å². The van der Waals surface area contributed by atoms with Crippen LogP contribution in [-0.4, -0.2) is 57.8 Å². The second-order valence-electron chi connectivity index (χ2n) is 4.56. The van der Waals surface area contributed by atoms with E-state index in [1.165, 1.54) is 16.7 Å². The Morgan fingerprint density at radius 3 is 2.80 bits per heavy atom. The third kappa shape index (κ3) is 3.91. The van der Waals surface area contributed by atoms with Gasteiger partial charge in [-0.2, -0.15) is 0 Å². The number of urea groups is 1. The summed E-state index contributed by atoms with van der Waals surface area (Å²) in [6.45, 7) is 0.704. The highest BCUT2D eigenvalue weighted by atomic mass is 32.1. The highest BCUT2D eigenvalue weighted by Crippen LogP contribution is 2.26. The lowest BCUT2D eigenvalue weighted by Gasteiger charge is -2.21. The summed E-state index contributed by atoms with van der Waals surface area (Å²) >= 11 is 1.27. The van der Waals surface area contributed by atoms with Crippen molar-refractivity contribution in [2.75, 3.05) is 19.7 Å². The molecule has 1 fully saturated rings. The van der Waals surface area contributed by atoms with Crippen molar-refractivity contribution in [3.63, 3.8) is 0 Å². The van der Waals surface area contributed by atoms with Gasteiger partial charge in [-0.05, 0) is 12.8 Å². The molecule has 0 saturated heterocycles. The normalized spacial score (nSPS) is 14.1. The zero-order valence-corrected chi connectivity index (χ0v) is 11.7. The molecule has 1 aliphatic rings. The van der Waals surface area contributed by atoms with Crippen molar-refractivity contribution in [2.24, 2.45) is 0 Å². The summed E-state index contributed by atoms with van der Waals surface area (Å²) in [5.41, 5.74) is 0.0382. The third-order valence-electron chi connectivity index (χ3n) is 2.98. The molecular formula is C12H17N3O4S. The lowest BCUT2D eigenvalue weighted by atomic mass is 10.4. The van der Waals surface area contributed by atoms with Gasteiger partial charge in [0.05, 0.1) is 11.6 Å². The standard InChI is InChI=1S/C12H17N3O4S/c16-6-5-15(8-1-2-8)12(19)13-4-3-10-14-9(7-20-10)11(17)18/h7-8,16H,1-6H2,(H,13,19)(H,17,18). The van der Waals surface area contributed by atoms with E-state index in [-0.39, 0.29) is 24.4 Å². The number of amides is 2. The Bertz CT molecular complexity index is 487. The average molecular weight is 299 g/mol. The molecule has 0 aromatic carbocycles. The average Bonchev–Trinajstić information content (AvgIpc) is 3.13. The van der Waals surface area contributed by atoms with Gasteiger partial charge in [0.2, 0.25) is 0 Å². The number of nitrogens with zero attached hydrogens (tertiary/aromatic N) is 2. The summed E-state index contributed by atoms with van der Waals surface area (Å²) in [5.74, 6) is -1.04. The van der Waals surface area contributed by atoms with Crippen molar-refractivity contribution >= 4 is 23.3 Å².